The zero-order valence-corrected chi connectivity index (χ0v) is 9.93. The summed E-state index contributed by atoms with van der Waals surface area (Å²) in [5.74, 6) is -3.05. The normalized spacial score (nSPS) is 22.2. The number of nitrogen functional groups attached to an aromatic ring is 1. The van der Waals surface area contributed by atoms with Crippen molar-refractivity contribution in [2.75, 3.05) is 18.9 Å². The second kappa shape index (κ2) is 5.23. The highest BCUT2D eigenvalue weighted by Crippen LogP contribution is 2.17. The van der Waals surface area contributed by atoms with E-state index in [1.807, 2.05) is 0 Å². The molecular weight excluding hydrogens is 255 g/mol. The fourth-order valence-corrected chi connectivity index (χ4v) is 1.91. The summed E-state index contributed by atoms with van der Waals surface area (Å²) in [6.45, 7) is 0.150. The van der Waals surface area contributed by atoms with Crippen LogP contribution in [0.25, 0.3) is 0 Å². The number of anilines is 1. The van der Waals surface area contributed by atoms with E-state index in [4.69, 9.17) is 15.6 Å². The van der Waals surface area contributed by atoms with E-state index in [2.05, 4.69) is 5.32 Å². The van der Waals surface area contributed by atoms with Crippen LogP contribution in [0.15, 0.2) is 18.2 Å². The molecule has 2 atom stereocenters. The highest BCUT2D eigenvalue weighted by Gasteiger charge is 2.35. The quantitative estimate of drug-likeness (QED) is 0.681. The van der Waals surface area contributed by atoms with Crippen LogP contribution in [0.5, 0.6) is 0 Å². The molecule has 102 valence electrons. The van der Waals surface area contributed by atoms with Gasteiger partial charge in [0.05, 0.1) is 24.8 Å². The van der Waals surface area contributed by atoms with Gasteiger partial charge >= 0.3 is 5.97 Å². The first-order valence-electron chi connectivity index (χ1n) is 5.65. The average molecular weight is 268 g/mol. The number of amides is 1. The summed E-state index contributed by atoms with van der Waals surface area (Å²) < 4.78 is 18.1. The van der Waals surface area contributed by atoms with Gasteiger partial charge in [0, 0.05) is 5.69 Å². The van der Waals surface area contributed by atoms with Gasteiger partial charge in [-0.25, -0.2) is 4.39 Å². The van der Waals surface area contributed by atoms with Crippen LogP contribution in [-0.4, -0.2) is 36.2 Å². The molecule has 0 spiro atoms. The summed E-state index contributed by atoms with van der Waals surface area (Å²) >= 11 is 0. The van der Waals surface area contributed by atoms with Crippen molar-refractivity contribution in [1.82, 2.24) is 5.32 Å². The number of nitrogens with one attached hydrogen (secondary N) is 1. The van der Waals surface area contributed by atoms with Crippen LogP contribution in [-0.2, 0) is 9.53 Å². The molecular formula is C12H13FN2O4. The highest BCUT2D eigenvalue weighted by molar-refractivity contribution is 5.99. The minimum atomic E-state index is -1.05. The van der Waals surface area contributed by atoms with E-state index in [1.54, 1.807) is 0 Å². The minimum Gasteiger partial charge on any atom is -0.481 e. The Morgan fingerprint density at radius 1 is 1.42 bits per heavy atom. The van der Waals surface area contributed by atoms with Gasteiger partial charge in [0.25, 0.3) is 5.91 Å². The van der Waals surface area contributed by atoms with Gasteiger partial charge in [-0.05, 0) is 18.2 Å². The largest absolute Gasteiger partial charge is 0.481 e. The monoisotopic (exact) mass is 268 g/mol. The summed E-state index contributed by atoms with van der Waals surface area (Å²) in [5.41, 5.74) is 5.70. The maximum atomic E-state index is 13.1. The van der Waals surface area contributed by atoms with Gasteiger partial charge in [-0.2, -0.15) is 0 Å². The molecule has 19 heavy (non-hydrogen) atoms. The predicted octanol–water partition coefficient (Wildman–Crippen LogP) is 0.237. The molecule has 1 aromatic carbocycles. The fourth-order valence-electron chi connectivity index (χ4n) is 1.91. The lowest BCUT2D eigenvalue weighted by Crippen LogP contribution is -2.42. The molecule has 4 N–H and O–H groups in total. The van der Waals surface area contributed by atoms with Gasteiger partial charge < -0.3 is 20.9 Å². The van der Waals surface area contributed by atoms with E-state index < -0.39 is 29.7 Å². The van der Waals surface area contributed by atoms with Crippen LogP contribution in [0.1, 0.15) is 10.4 Å². The maximum Gasteiger partial charge on any atom is 0.311 e. The van der Waals surface area contributed by atoms with E-state index in [-0.39, 0.29) is 24.5 Å². The van der Waals surface area contributed by atoms with Crippen molar-refractivity contribution in [3.05, 3.63) is 29.6 Å². The van der Waals surface area contributed by atoms with E-state index in [1.165, 1.54) is 6.07 Å². The number of carboxylic acid groups (broad SMARTS) is 1. The van der Waals surface area contributed by atoms with Crippen LogP contribution in [0.2, 0.25) is 0 Å². The van der Waals surface area contributed by atoms with Crippen molar-refractivity contribution in [3.63, 3.8) is 0 Å². The number of ether oxygens (including phenoxy) is 1. The fraction of sp³-hybridized carbons (Fsp3) is 0.333. The van der Waals surface area contributed by atoms with Crippen molar-refractivity contribution in [2.24, 2.45) is 5.92 Å². The van der Waals surface area contributed by atoms with Crippen molar-refractivity contribution in [1.29, 1.82) is 0 Å². The molecule has 1 fully saturated rings. The lowest BCUT2D eigenvalue weighted by atomic mass is 10.0. The van der Waals surface area contributed by atoms with Crippen LogP contribution in [0.3, 0.4) is 0 Å². The lowest BCUT2D eigenvalue weighted by molar-refractivity contribution is -0.142. The molecule has 0 saturated carbocycles. The van der Waals surface area contributed by atoms with Gasteiger partial charge in [0.15, 0.2) is 0 Å². The lowest BCUT2D eigenvalue weighted by Gasteiger charge is -2.16. The van der Waals surface area contributed by atoms with Gasteiger partial charge in [-0.3, -0.25) is 9.59 Å². The minimum absolute atomic E-state index is 0.0176. The van der Waals surface area contributed by atoms with Crippen molar-refractivity contribution in [3.8, 4) is 0 Å². The Balaban J connectivity index is 2.12. The van der Waals surface area contributed by atoms with Gasteiger partial charge in [-0.1, -0.05) is 0 Å². The topological polar surface area (TPSA) is 102 Å². The zero-order chi connectivity index (χ0) is 14.0. The van der Waals surface area contributed by atoms with Crippen molar-refractivity contribution < 1.29 is 23.8 Å². The number of hydrogen-bond acceptors (Lipinski definition) is 4. The number of carboxylic acids is 1. The number of benzene rings is 1. The SMILES string of the molecule is Nc1ccc(F)cc1C(=O)NC1COCC1C(=O)O. The number of carbonyl (C=O) groups excluding carboxylic acids is 1. The summed E-state index contributed by atoms with van der Waals surface area (Å²) in [5, 5.41) is 11.5. The summed E-state index contributed by atoms with van der Waals surface area (Å²) in [4.78, 5) is 22.9. The van der Waals surface area contributed by atoms with Crippen LogP contribution < -0.4 is 11.1 Å². The first kappa shape index (κ1) is 13.3. The molecule has 2 unspecified atom stereocenters. The number of hydrogen-bond donors (Lipinski definition) is 3. The average Bonchev–Trinajstić information content (AvgIpc) is 2.80. The Kier molecular flexibility index (Phi) is 3.66. The Bertz CT molecular complexity index is 520. The predicted molar refractivity (Wildman–Crippen MR) is 64.0 cm³/mol. The summed E-state index contributed by atoms with van der Waals surface area (Å²) in [6, 6.07) is 2.79. The number of aliphatic carboxylic acids is 1. The molecule has 1 heterocycles. The first-order chi connectivity index (χ1) is 8.99. The summed E-state index contributed by atoms with van der Waals surface area (Å²) in [6.07, 6.45) is 0. The molecule has 0 bridgehead atoms. The molecule has 6 nitrogen and oxygen atoms in total. The molecule has 7 heteroatoms. The Morgan fingerprint density at radius 2 is 2.16 bits per heavy atom. The molecule has 0 aliphatic carbocycles. The molecule has 1 aliphatic heterocycles. The molecule has 1 aromatic rings. The molecule has 0 aromatic heterocycles. The molecule has 1 amide bonds. The Labute approximate surface area is 108 Å². The first-order valence-corrected chi connectivity index (χ1v) is 5.65. The zero-order valence-electron chi connectivity index (χ0n) is 9.93. The van der Waals surface area contributed by atoms with Crippen LogP contribution in [0.4, 0.5) is 10.1 Å². The maximum absolute atomic E-state index is 13.1. The molecule has 1 saturated heterocycles. The highest BCUT2D eigenvalue weighted by atomic mass is 19.1. The Hall–Kier alpha value is -2.15. The summed E-state index contributed by atoms with van der Waals surface area (Å²) in [7, 11) is 0. The third-order valence-electron chi connectivity index (χ3n) is 2.97. The molecule has 0 radical (unpaired) electrons. The van der Waals surface area contributed by atoms with E-state index in [0.717, 1.165) is 12.1 Å². The van der Waals surface area contributed by atoms with Gasteiger partial charge in [-0.15, -0.1) is 0 Å². The van der Waals surface area contributed by atoms with Crippen LogP contribution in [0, 0.1) is 11.7 Å². The Morgan fingerprint density at radius 3 is 2.84 bits per heavy atom. The third-order valence-corrected chi connectivity index (χ3v) is 2.97. The number of nitrogens with two attached hydrogens (primary N) is 1. The van der Waals surface area contributed by atoms with E-state index in [9.17, 15) is 14.0 Å². The standard InChI is InChI=1S/C12H13FN2O4/c13-6-1-2-9(14)7(3-6)11(16)15-10-5-19-4-8(10)12(17)18/h1-3,8,10H,4-5,14H2,(H,15,16)(H,17,18). The van der Waals surface area contributed by atoms with Crippen molar-refractivity contribution >= 4 is 17.6 Å². The third kappa shape index (κ3) is 2.82. The van der Waals surface area contributed by atoms with Crippen LogP contribution >= 0.6 is 0 Å². The second-order valence-electron chi connectivity index (χ2n) is 4.29. The second-order valence-corrected chi connectivity index (χ2v) is 4.29. The van der Waals surface area contributed by atoms with Gasteiger partial charge in [0.2, 0.25) is 0 Å². The van der Waals surface area contributed by atoms with Crippen molar-refractivity contribution in [2.45, 2.75) is 6.04 Å². The smallest absolute Gasteiger partial charge is 0.311 e. The molecule has 2 rings (SSSR count). The van der Waals surface area contributed by atoms with E-state index in [0.29, 0.717) is 0 Å². The number of carbonyl (C=O) groups is 2. The molecule has 1 aliphatic rings. The van der Waals surface area contributed by atoms with E-state index >= 15 is 0 Å². The van der Waals surface area contributed by atoms with Gasteiger partial charge in [0.1, 0.15) is 11.7 Å². The number of halogens is 1. The number of rotatable bonds is 3.